The lowest BCUT2D eigenvalue weighted by molar-refractivity contribution is -0.139. The number of ether oxygens (including phenoxy) is 2. The fourth-order valence-corrected chi connectivity index (χ4v) is 1.21. The molecular formula is C11H15NO5. The Labute approximate surface area is 98.9 Å². The molecule has 1 N–H and O–H groups in total. The Kier molecular flexibility index (Phi) is 4.71. The maximum Gasteiger partial charge on any atom is 0.373 e. The highest BCUT2D eigenvalue weighted by Crippen LogP contribution is 2.16. The summed E-state index contributed by atoms with van der Waals surface area (Å²) in [5.41, 5.74) is 0. The number of furan rings is 1. The summed E-state index contributed by atoms with van der Waals surface area (Å²) in [6, 6.07) is 2.98. The number of methoxy groups -OCH3 is 2. The van der Waals surface area contributed by atoms with E-state index in [0.717, 1.165) is 0 Å². The van der Waals surface area contributed by atoms with Crippen LogP contribution in [0.5, 0.6) is 0 Å². The fourth-order valence-electron chi connectivity index (χ4n) is 1.21. The molecule has 1 aromatic rings. The number of carbonyl (C=O) groups is 2. The largest absolute Gasteiger partial charge is 0.468 e. The second-order valence-electron chi connectivity index (χ2n) is 3.37. The summed E-state index contributed by atoms with van der Waals surface area (Å²) in [5.74, 6) is -0.212. The van der Waals surface area contributed by atoms with E-state index in [-0.39, 0.29) is 24.3 Å². The van der Waals surface area contributed by atoms with E-state index in [4.69, 9.17) is 4.42 Å². The van der Waals surface area contributed by atoms with E-state index < -0.39 is 5.97 Å². The fraction of sp³-hybridized carbons (Fsp3) is 0.455. The first-order valence-corrected chi connectivity index (χ1v) is 5.06. The van der Waals surface area contributed by atoms with Crippen LogP contribution in [-0.2, 0) is 14.3 Å². The highest BCUT2D eigenvalue weighted by Gasteiger charge is 2.15. The van der Waals surface area contributed by atoms with E-state index in [1.54, 1.807) is 6.07 Å². The summed E-state index contributed by atoms with van der Waals surface area (Å²) in [6.07, 6.45) is 0. The van der Waals surface area contributed by atoms with Crippen molar-refractivity contribution in [2.45, 2.75) is 13.0 Å². The number of esters is 2. The van der Waals surface area contributed by atoms with E-state index in [1.807, 2.05) is 6.92 Å². The molecule has 0 aliphatic rings. The second kappa shape index (κ2) is 6.05. The van der Waals surface area contributed by atoms with Crippen molar-refractivity contribution in [1.29, 1.82) is 0 Å². The minimum Gasteiger partial charge on any atom is -0.468 e. The number of hydrogen-bond donors (Lipinski definition) is 1. The van der Waals surface area contributed by atoms with Crippen molar-refractivity contribution < 1.29 is 23.5 Å². The van der Waals surface area contributed by atoms with Crippen LogP contribution >= 0.6 is 0 Å². The predicted octanol–water partition coefficient (Wildman–Crippen LogP) is 0.890. The zero-order valence-corrected chi connectivity index (χ0v) is 9.98. The van der Waals surface area contributed by atoms with Gasteiger partial charge in [0.25, 0.3) is 0 Å². The molecule has 0 bridgehead atoms. The molecule has 0 saturated carbocycles. The first-order valence-electron chi connectivity index (χ1n) is 5.06. The van der Waals surface area contributed by atoms with Crippen LogP contribution in [0.3, 0.4) is 0 Å². The lowest BCUT2D eigenvalue weighted by atomic mass is 10.2. The molecule has 1 rings (SSSR count). The standard InChI is InChI=1S/C11H15NO5/c1-7(12-6-10(13)15-2)8-4-5-9(17-8)11(14)16-3/h4-5,7,12H,6H2,1-3H3. The SMILES string of the molecule is COC(=O)CNC(C)c1ccc(C(=O)OC)o1. The van der Waals surface area contributed by atoms with Crippen LogP contribution in [0, 0.1) is 0 Å². The molecule has 94 valence electrons. The maximum absolute atomic E-state index is 11.2. The van der Waals surface area contributed by atoms with E-state index in [2.05, 4.69) is 14.8 Å². The van der Waals surface area contributed by atoms with E-state index in [9.17, 15) is 9.59 Å². The highest BCUT2D eigenvalue weighted by atomic mass is 16.5. The Morgan fingerprint density at radius 1 is 1.35 bits per heavy atom. The lowest BCUT2D eigenvalue weighted by Crippen LogP contribution is -2.26. The molecule has 0 fully saturated rings. The first kappa shape index (κ1) is 13.2. The molecule has 0 saturated heterocycles. The monoisotopic (exact) mass is 241 g/mol. The van der Waals surface area contributed by atoms with Crippen molar-refractivity contribution in [2.24, 2.45) is 0 Å². The third kappa shape index (κ3) is 3.60. The average Bonchev–Trinajstić information content (AvgIpc) is 2.83. The minimum absolute atomic E-state index is 0.0753. The van der Waals surface area contributed by atoms with E-state index >= 15 is 0 Å². The zero-order valence-electron chi connectivity index (χ0n) is 9.98. The van der Waals surface area contributed by atoms with Crippen LogP contribution < -0.4 is 5.32 Å². The van der Waals surface area contributed by atoms with Crippen molar-refractivity contribution in [1.82, 2.24) is 5.32 Å². The molecule has 1 unspecified atom stereocenters. The third-order valence-electron chi connectivity index (χ3n) is 2.22. The Hall–Kier alpha value is -1.82. The quantitative estimate of drug-likeness (QED) is 0.771. The molecule has 1 heterocycles. The zero-order chi connectivity index (χ0) is 12.8. The molecule has 0 amide bonds. The van der Waals surface area contributed by atoms with Crippen molar-refractivity contribution in [3.05, 3.63) is 23.7 Å². The van der Waals surface area contributed by atoms with Gasteiger partial charge in [-0.25, -0.2) is 4.79 Å². The van der Waals surface area contributed by atoms with Crippen molar-refractivity contribution in [2.75, 3.05) is 20.8 Å². The van der Waals surface area contributed by atoms with Gasteiger partial charge in [-0.2, -0.15) is 0 Å². The molecule has 0 aromatic carbocycles. The smallest absolute Gasteiger partial charge is 0.373 e. The number of carbonyl (C=O) groups excluding carboxylic acids is 2. The van der Waals surface area contributed by atoms with Gasteiger partial charge >= 0.3 is 11.9 Å². The summed E-state index contributed by atoms with van der Waals surface area (Å²) in [5, 5.41) is 2.90. The molecule has 6 heteroatoms. The van der Waals surface area contributed by atoms with Gasteiger partial charge in [0.15, 0.2) is 0 Å². The molecule has 6 nitrogen and oxygen atoms in total. The topological polar surface area (TPSA) is 77.8 Å². The third-order valence-corrected chi connectivity index (χ3v) is 2.22. The van der Waals surface area contributed by atoms with Crippen molar-refractivity contribution in [3.63, 3.8) is 0 Å². The van der Waals surface area contributed by atoms with Gasteiger partial charge in [0.2, 0.25) is 5.76 Å². The molecule has 1 atom stereocenters. The predicted molar refractivity (Wildman–Crippen MR) is 58.5 cm³/mol. The minimum atomic E-state index is -0.531. The summed E-state index contributed by atoms with van der Waals surface area (Å²) < 4.78 is 14.3. The summed E-state index contributed by atoms with van der Waals surface area (Å²) in [6.45, 7) is 1.88. The van der Waals surface area contributed by atoms with Gasteiger partial charge in [-0.15, -0.1) is 0 Å². The average molecular weight is 241 g/mol. The molecular weight excluding hydrogens is 226 g/mol. The molecule has 1 aromatic heterocycles. The Balaban J connectivity index is 2.57. The second-order valence-corrected chi connectivity index (χ2v) is 3.37. The van der Waals surface area contributed by atoms with Crippen LogP contribution in [0.15, 0.2) is 16.5 Å². The number of nitrogens with one attached hydrogen (secondary N) is 1. The first-order chi connectivity index (χ1) is 8.08. The van der Waals surface area contributed by atoms with Crippen LogP contribution in [0.25, 0.3) is 0 Å². The Morgan fingerprint density at radius 3 is 2.65 bits per heavy atom. The molecule has 0 radical (unpaired) electrons. The van der Waals surface area contributed by atoms with Gasteiger partial charge < -0.3 is 13.9 Å². The van der Waals surface area contributed by atoms with Gasteiger partial charge in [0.1, 0.15) is 5.76 Å². The van der Waals surface area contributed by atoms with Gasteiger partial charge in [0, 0.05) is 0 Å². The Bertz CT molecular complexity index is 398. The molecule has 17 heavy (non-hydrogen) atoms. The summed E-state index contributed by atoms with van der Waals surface area (Å²) in [4.78, 5) is 22.1. The maximum atomic E-state index is 11.2. The highest BCUT2D eigenvalue weighted by molar-refractivity contribution is 5.86. The van der Waals surface area contributed by atoms with Crippen molar-refractivity contribution >= 4 is 11.9 Å². The van der Waals surface area contributed by atoms with E-state index in [0.29, 0.717) is 5.76 Å². The summed E-state index contributed by atoms with van der Waals surface area (Å²) >= 11 is 0. The summed E-state index contributed by atoms with van der Waals surface area (Å²) in [7, 11) is 2.60. The number of rotatable bonds is 5. The van der Waals surface area contributed by atoms with Gasteiger partial charge in [-0.05, 0) is 19.1 Å². The van der Waals surface area contributed by atoms with Crippen LogP contribution in [0.2, 0.25) is 0 Å². The van der Waals surface area contributed by atoms with Crippen LogP contribution in [-0.4, -0.2) is 32.7 Å². The molecule has 0 aliphatic carbocycles. The van der Waals surface area contributed by atoms with Gasteiger partial charge in [0.05, 0.1) is 26.8 Å². The van der Waals surface area contributed by atoms with Crippen LogP contribution in [0.4, 0.5) is 0 Å². The normalized spacial score (nSPS) is 11.9. The molecule has 0 spiro atoms. The molecule has 0 aliphatic heterocycles. The van der Waals surface area contributed by atoms with E-state index in [1.165, 1.54) is 20.3 Å². The van der Waals surface area contributed by atoms with Gasteiger partial charge in [-0.3, -0.25) is 10.1 Å². The van der Waals surface area contributed by atoms with Gasteiger partial charge in [-0.1, -0.05) is 0 Å². The Morgan fingerprint density at radius 2 is 2.06 bits per heavy atom. The number of hydrogen-bond acceptors (Lipinski definition) is 6. The van der Waals surface area contributed by atoms with Crippen LogP contribution in [0.1, 0.15) is 29.3 Å². The lowest BCUT2D eigenvalue weighted by Gasteiger charge is -2.09. The van der Waals surface area contributed by atoms with Crippen molar-refractivity contribution in [3.8, 4) is 0 Å².